The van der Waals surface area contributed by atoms with E-state index in [2.05, 4.69) is 5.10 Å². The summed E-state index contributed by atoms with van der Waals surface area (Å²) in [5.74, 6) is 0. The van der Waals surface area contributed by atoms with Crippen LogP contribution in [0.2, 0.25) is 5.02 Å². The van der Waals surface area contributed by atoms with Crippen LogP contribution in [-0.2, 0) is 0 Å². The van der Waals surface area contributed by atoms with Crippen molar-refractivity contribution in [1.29, 1.82) is 0 Å². The third-order valence-corrected chi connectivity index (χ3v) is 2.51. The van der Waals surface area contributed by atoms with Crippen LogP contribution in [0.15, 0.2) is 12.4 Å². The van der Waals surface area contributed by atoms with Crippen LogP contribution in [0.1, 0.15) is 19.3 Å². The van der Waals surface area contributed by atoms with Gasteiger partial charge in [0.25, 0.3) is 0 Å². The minimum absolute atomic E-state index is 0.366. The SMILES string of the molecule is O=C(On1cc(Cl)cn1)N1CCCCC1. The summed E-state index contributed by atoms with van der Waals surface area (Å²) in [5.41, 5.74) is 0. The van der Waals surface area contributed by atoms with E-state index in [1.165, 1.54) is 18.8 Å². The molecule has 1 fully saturated rings. The smallest absolute Gasteiger partial charge is 0.306 e. The summed E-state index contributed by atoms with van der Waals surface area (Å²) >= 11 is 5.64. The molecule has 1 aliphatic rings. The molecular formula is C9H12ClN3O2. The number of rotatable bonds is 1. The molecule has 0 radical (unpaired) electrons. The maximum Gasteiger partial charge on any atom is 0.435 e. The molecule has 0 aromatic carbocycles. The molecule has 0 aliphatic carbocycles. The summed E-state index contributed by atoms with van der Waals surface area (Å²) in [6.07, 6.45) is 5.75. The van der Waals surface area contributed by atoms with E-state index in [0.29, 0.717) is 5.02 Å². The van der Waals surface area contributed by atoms with Crippen molar-refractivity contribution in [2.24, 2.45) is 0 Å². The number of hydrogen-bond donors (Lipinski definition) is 0. The van der Waals surface area contributed by atoms with Gasteiger partial charge in [-0.25, -0.2) is 4.79 Å². The standard InChI is InChI=1S/C9H12ClN3O2/c10-8-6-11-13(7-8)15-9(14)12-4-2-1-3-5-12/h6-7H,1-5H2. The van der Waals surface area contributed by atoms with Crippen molar-refractivity contribution in [3.05, 3.63) is 17.4 Å². The average Bonchev–Trinajstić information content (AvgIpc) is 2.65. The van der Waals surface area contributed by atoms with Gasteiger partial charge >= 0.3 is 6.09 Å². The van der Waals surface area contributed by atoms with Crippen molar-refractivity contribution in [1.82, 2.24) is 14.8 Å². The molecule has 1 aromatic heterocycles. The van der Waals surface area contributed by atoms with Gasteiger partial charge in [-0.15, -0.1) is 5.10 Å². The van der Waals surface area contributed by atoms with Crippen LogP contribution in [0, 0.1) is 0 Å². The average molecular weight is 230 g/mol. The van der Waals surface area contributed by atoms with Crippen molar-refractivity contribution in [3.8, 4) is 0 Å². The first-order valence-electron chi connectivity index (χ1n) is 4.93. The number of halogens is 1. The number of aromatic nitrogens is 2. The molecule has 1 saturated heterocycles. The van der Waals surface area contributed by atoms with Gasteiger partial charge in [-0.2, -0.15) is 0 Å². The number of nitrogens with zero attached hydrogens (tertiary/aromatic N) is 3. The molecule has 0 N–H and O–H groups in total. The molecule has 1 aromatic rings. The minimum Gasteiger partial charge on any atom is -0.306 e. The van der Waals surface area contributed by atoms with E-state index < -0.39 is 0 Å². The van der Waals surface area contributed by atoms with E-state index in [4.69, 9.17) is 16.4 Å². The van der Waals surface area contributed by atoms with Gasteiger partial charge < -0.3 is 4.90 Å². The largest absolute Gasteiger partial charge is 0.435 e. The number of amides is 1. The van der Waals surface area contributed by atoms with Gasteiger partial charge in [-0.3, -0.25) is 4.84 Å². The first kappa shape index (κ1) is 10.3. The zero-order chi connectivity index (χ0) is 10.7. The Morgan fingerprint density at radius 3 is 2.73 bits per heavy atom. The van der Waals surface area contributed by atoms with E-state index in [1.54, 1.807) is 4.90 Å². The molecular weight excluding hydrogens is 218 g/mol. The second kappa shape index (κ2) is 4.53. The molecule has 5 nitrogen and oxygen atoms in total. The fraction of sp³-hybridized carbons (Fsp3) is 0.556. The normalized spacial score (nSPS) is 16.5. The van der Waals surface area contributed by atoms with Crippen LogP contribution in [0.3, 0.4) is 0 Å². The van der Waals surface area contributed by atoms with Crippen LogP contribution >= 0.6 is 11.6 Å². The molecule has 15 heavy (non-hydrogen) atoms. The van der Waals surface area contributed by atoms with Crippen LogP contribution < -0.4 is 4.84 Å². The summed E-state index contributed by atoms with van der Waals surface area (Å²) < 4.78 is 0. The monoisotopic (exact) mass is 229 g/mol. The van der Waals surface area contributed by atoms with Gasteiger partial charge in [0.1, 0.15) is 0 Å². The minimum atomic E-state index is -0.366. The number of carbonyl (C=O) groups excluding carboxylic acids is 1. The lowest BCUT2D eigenvalue weighted by Crippen LogP contribution is -2.40. The Labute approximate surface area is 92.5 Å². The van der Waals surface area contributed by atoms with Crippen LogP contribution in [0.5, 0.6) is 0 Å². The van der Waals surface area contributed by atoms with Gasteiger partial charge in [0.2, 0.25) is 0 Å². The Balaban J connectivity index is 1.91. The molecule has 0 unspecified atom stereocenters. The van der Waals surface area contributed by atoms with Crippen molar-refractivity contribution in [2.75, 3.05) is 13.1 Å². The van der Waals surface area contributed by atoms with Crippen LogP contribution in [-0.4, -0.2) is 34.0 Å². The molecule has 0 bridgehead atoms. The van der Waals surface area contributed by atoms with E-state index in [9.17, 15) is 4.79 Å². The fourth-order valence-corrected chi connectivity index (χ4v) is 1.68. The molecule has 1 amide bonds. The quantitative estimate of drug-likeness (QED) is 0.735. The molecule has 0 saturated carbocycles. The van der Waals surface area contributed by atoms with Gasteiger partial charge in [-0.05, 0) is 19.3 Å². The first-order chi connectivity index (χ1) is 7.25. The lowest BCUT2D eigenvalue weighted by molar-refractivity contribution is 0.0731. The maximum absolute atomic E-state index is 11.6. The summed E-state index contributed by atoms with van der Waals surface area (Å²) in [5, 5.41) is 4.21. The lowest BCUT2D eigenvalue weighted by Gasteiger charge is -2.24. The number of carbonyl (C=O) groups is 1. The third-order valence-electron chi connectivity index (χ3n) is 2.31. The molecule has 2 rings (SSSR count). The third kappa shape index (κ3) is 2.62. The summed E-state index contributed by atoms with van der Waals surface area (Å²) in [7, 11) is 0. The highest BCUT2D eigenvalue weighted by Gasteiger charge is 2.18. The predicted molar refractivity (Wildman–Crippen MR) is 54.6 cm³/mol. The van der Waals surface area contributed by atoms with Crippen LogP contribution in [0.4, 0.5) is 4.79 Å². The van der Waals surface area contributed by atoms with E-state index >= 15 is 0 Å². The zero-order valence-electron chi connectivity index (χ0n) is 8.23. The number of hydrogen-bond acceptors (Lipinski definition) is 3. The van der Waals surface area contributed by atoms with E-state index in [0.717, 1.165) is 30.8 Å². The predicted octanol–water partition coefficient (Wildman–Crippen LogP) is 1.57. The van der Waals surface area contributed by atoms with E-state index in [-0.39, 0.29) is 6.09 Å². The van der Waals surface area contributed by atoms with Gasteiger partial charge in [0.15, 0.2) is 0 Å². The molecule has 2 heterocycles. The van der Waals surface area contributed by atoms with Crippen molar-refractivity contribution >= 4 is 17.7 Å². The van der Waals surface area contributed by atoms with Crippen LogP contribution in [0.25, 0.3) is 0 Å². The summed E-state index contributed by atoms with van der Waals surface area (Å²) in [6, 6.07) is 0. The van der Waals surface area contributed by atoms with Gasteiger partial charge in [-0.1, -0.05) is 16.4 Å². The Bertz CT molecular complexity index is 347. The van der Waals surface area contributed by atoms with Crippen molar-refractivity contribution in [3.63, 3.8) is 0 Å². The van der Waals surface area contributed by atoms with E-state index in [1.807, 2.05) is 0 Å². The Kier molecular flexibility index (Phi) is 3.11. The molecule has 6 heteroatoms. The van der Waals surface area contributed by atoms with Gasteiger partial charge in [0.05, 0.1) is 17.4 Å². The second-order valence-electron chi connectivity index (χ2n) is 3.47. The summed E-state index contributed by atoms with van der Waals surface area (Å²) in [4.78, 5) is 19.3. The molecule has 0 spiro atoms. The summed E-state index contributed by atoms with van der Waals surface area (Å²) in [6.45, 7) is 1.52. The Morgan fingerprint density at radius 1 is 1.40 bits per heavy atom. The zero-order valence-corrected chi connectivity index (χ0v) is 8.98. The number of likely N-dealkylation sites (tertiary alicyclic amines) is 1. The van der Waals surface area contributed by atoms with Gasteiger partial charge in [0, 0.05) is 13.1 Å². The van der Waals surface area contributed by atoms with Crippen molar-refractivity contribution in [2.45, 2.75) is 19.3 Å². The second-order valence-corrected chi connectivity index (χ2v) is 3.90. The molecule has 1 aliphatic heterocycles. The fourth-order valence-electron chi connectivity index (χ4n) is 1.55. The lowest BCUT2D eigenvalue weighted by atomic mass is 10.1. The molecule has 0 atom stereocenters. The highest BCUT2D eigenvalue weighted by atomic mass is 35.5. The number of piperidine rings is 1. The topological polar surface area (TPSA) is 47.4 Å². The highest BCUT2D eigenvalue weighted by molar-refractivity contribution is 6.30. The Morgan fingerprint density at radius 2 is 2.13 bits per heavy atom. The highest BCUT2D eigenvalue weighted by Crippen LogP contribution is 2.09. The molecule has 82 valence electrons. The van der Waals surface area contributed by atoms with Crippen molar-refractivity contribution < 1.29 is 9.63 Å². The Hall–Kier alpha value is -1.23. The first-order valence-corrected chi connectivity index (χ1v) is 5.31. The maximum atomic E-state index is 11.6.